The van der Waals surface area contributed by atoms with E-state index in [1.165, 1.54) is 5.56 Å². The Kier molecular flexibility index (Phi) is 4.66. The second kappa shape index (κ2) is 7.36. The lowest BCUT2D eigenvalue weighted by atomic mass is 9.96. The average Bonchev–Trinajstić information content (AvgIpc) is 3.43. The first-order valence-corrected chi connectivity index (χ1v) is 10.6. The summed E-state index contributed by atoms with van der Waals surface area (Å²) in [6, 6.07) is 10.2. The number of aliphatic hydroxyl groups is 1. The Morgan fingerprint density at radius 1 is 1.17 bits per heavy atom. The normalized spacial score (nSPS) is 20.8. The van der Waals surface area contributed by atoms with Gasteiger partial charge in [0.25, 0.3) is 5.91 Å². The van der Waals surface area contributed by atoms with Crippen molar-refractivity contribution in [1.82, 2.24) is 19.7 Å². The van der Waals surface area contributed by atoms with Gasteiger partial charge in [-0.1, -0.05) is 12.1 Å². The molecule has 0 spiro atoms. The third-order valence-corrected chi connectivity index (χ3v) is 6.43. The number of benzene rings is 1. The van der Waals surface area contributed by atoms with Crippen molar-refractivity contribution < 1.29 is 9.90 Å². The number of carbonyl (C=O) groups excluding carboxylic acids is 1. The number of carbonyl (C=O) groups is 1. The lowest BCUT2D eigenvalue weighted by Crippen LogP contribution is -2.40. The molecule has 6 nitrogen and oxygen atoms in total. The summed E-state index contributed by atoms with van der Waals surface area (Å²) < 4.78 is 1.77. The van der Waals surface area contributed by atoms with Crippen LogP contribution in [-0.4, -0.2) is 42.8 Å². The van der Waals surface area contributed by atoms with E-state index in [4.69, 9.17) is 0 Å². The standard InChI is InChI=1S/C24H26N4O2/c1-15-10-18-14-28(22-4-3-5-23(22)29)24(30)19(18)12-17(15)11-16-6-7-20(25-13-16)21-8-9-27(2)26-21/h6-10,12-13,22-23,29H,3-5,11,14H2,1-2H3/t22-,23-/m0/s1. The summed E-state index contributed by atoms with van der Waals surface area (Å²) in [4.78, 5) is 19.5. The van der Waals surface area contributed by atoms with Crippen LogP contribution < -0.4 is 0 Å². The third-order valence-electron chi connectivity index (χ3n) is 6.43. The molecule has 1 amide bonds. The fourth-order valence-electron chi connectivity index (χ4n) is 4.75. The van der Waals surface area contributed by atoms with Gasteiger partial charge >= 0.3 is 0 Å². The van der Waals surface area contributed by atoms with Crippen LogP contribution in [0.15, 0.2) is 42.7 Å². The SMILES string of the molecule is Cc1cc2c(cc1Cc1ccc(-c3ccn(C)n3)nc1)C(=O)N([C@H]1CCC[C@@H]1O)C2. The number of pyridine rings is 1. The fourth-order valence-corrected chi connectivity index (χ4v) is 4.75. The summed E-state index contributed by atoms with van der Waals surface area (Å²) in [5.74, 6) is 0.0563. The number of rotatable bonds is 4. The van der Waals surface area contributed by atoms with Crippen LogP contribution in [0.2, 0.25) is 0 Å². The van der Waals surface area contributed by atoms with Crippen LogP contribution in [0.4, 0.5) is 0 Å². The van der Waals surface area contributed by atoms with E-state index in [-0.39, 0.29) is 11.9 Å². The van der Waals surface area contributed by atoms with Crippen LogP contribution in [-0.2, 0) is 20.0 Å². The number of hydrogen-bond donors (Lipinski definition) is 1. The number of aliphatic hydroxyl groups excluding tert-OH is 1. The summed E-state index contributed by atoms with van der Waals surface area (Å²) in [6.45, 7) is 2.71. The zero-order valence-corrected chi connectivity index (χ0v) is 17.4. The van der Waals surface area contributed by atoms with E-state index in [1.807, 2.05) is 42.5 Å². The fraction of sp³-hybridized carbons (Fsp3) is 0.375. The molecule has 3 heterocycles. The van der Waals surface area contributed by atoms with Gasteiger partial charge in [0.05, 0.1) is 17.8 Å². The molecule has 1 aromatic carbocycles. The number of aryl methyl sites for hydroxylation is 2. The molecular weight excluding hydrogens is 376 g/mol. The maximum absolute atomic E-state index is 13.0. The van der Waals surface area contributed by atoms with Crippen LogP contribution in [0.1, 0.15) is 51.9 Å². The van der Waals surface area contributed by atoms with Gasteiger partial charge in [0.15, 0.2) is 0 Å². The lowest BCUT2D eigenvalue weighted by Gasteiger charge is -2.26. The van der Waals surface area contributed by atoms with Crippen LogP contribution >= 0.6 is 0 Å². The first-order chi connectivity index (χ1) is 14.5. The van der Waals surface area contributed by atoms with Crippen LogP contribution in [0, 0.1) is 6.92 Å². The zero-order chi connectivity index (χ0) is 20.8. The number of aromatic nitrogens is 3. The van der Waals surface area contributed by atoms with Gasteiger partial charge in [-0.25, -0.2) is 0 Å². The molecule has 1 aliphatic carbocycles. The highest BCUT2D eigenvalue weighted by Gasteiger charge is 2.38. The molecule has 3 aromatic rings. The van der Waals surface area contributed by atoms with Crippen molar-refractivity contribution in [3.8, 4) is 11.4 Å². The molecule has 1 aliphatic heterocycles. The largest absolute Gasteiger partial charge is 0.391 e. The van der Waals surface area contributed by atoms with E-state index in [1.54, 1.807) is 4.68 Å². The third kappa shape index (κ3) is 3.31. The van der Waals surface area contributed by atoms with Crippen LogP contribution in [0.25, 0.3) is 11.4 Å². The molecule has 0 radical (unpaired) electrons. The Hall–Kier alpha value is -2.99. The van der Waals surface area contributed by atoms with E-state index in [2.05, 4.69) is 29.1 Å². The van der Waals surface area contributed by atoms with Gasteiger partial charge in [-0.05, 0) is 73.1 Å². The molecule has 2 atom stereocenters. The molecule has 0 saturated heterocycles. The molecule has 2 aliphatic rings. The van der Waals surface area contributed by atoms with Crippen molar-refractivity contribution >= 4 is 5.91 Å². The van der Waals surface area contributed by atoms with Gasteiger partial charge in [-0.2, -0.15) is 5.10 Å². The first kappa shape index (κ1) is 19.0. The van der Waals surface area contributed by atoms with Crippen LogP contribution in [0.5, 0.6) is 0 Å². The number of fused-ring (bicyclic) bond motifs is 1. The summed E-state index contributed by atoms with van der Waals surface area (Å²) in [5.41, 5.74) is 7.00. The maximum atomic E-state index is 13.0. The summed E-state index contributed by atoms with van der Waals surface area (Å²) in [6.07, 6.45) is 6.79. The molecule has 0 bridgehead atoms. The molecule has 1 fully saturated rings. The van der Waals surface area contributed by atoms with E-state index in [0.717, 1.165) is 59.3 Å². The molecule has 5 rings (SSSR count). The summed E-state index contributed by atoms with van der Waals surface area (Å²) in [5, 5.41) is 14.6. The minimum absolute atomic E-state index is 0.0444. The van der Waals surface area contributed by atoms with Crippen molar-refractivity contribution in [1.29, 1.82) is 0 Å². The Morgan fingerprint density at radius 2 is 2.03 bits per heavy atom. The van der Waals surface area contributed by atoms with Gasteiger partial charge in [0.2, 0.25) is 0 Å². The average molecular weight is 402 g/mol. The van der Waals surface area contributed by atoms with Crippen molar-refractivity contribution in [2.45, 2.75) is 51.3 Å². The molecule has 2 aromatic heterocycles. The Morgan fingerprint density at radius 3 is 2.70 bits per heavy atom. The second-order valence-electron chi connectivity index (χ2n) is 8.54. The van der Waals surface area contributed by atoms with Gasteiger partial charge in [0, 0.05) is 31.5 Å². The van der Waals surface area contributed by atoms with Crippen LogP contribution in [0.3, 0.4) is 0 Å². The van der Waals surface area contributed by atoms with Gasteiger partial charge < -0.3 is 10.0 Å². The lowest BCUT2D eigenvalue weighted by molar-refractivity contribution is 0.0479. The highest BCUT2D eigenvalue weighted by molar-refractivity contribution is 5.99. The molecular formula is C24H26N4O2. The Balaban J connectivity index is 1.37. The predicted molar refractivity (Wildman–Crippen MR) is 114 cm³/mol. The van der Waals surface area contributed by atoms with E-state index >= 15 is 0 Å². The van der Waals surface area contributed by atoms with Crippen molar-refractivity contribution in [3.05, 3.63) is 70.5 Å². The molecule has 154 valence electrons. The number of hydrogen-bond acceptors (Lipinski definition) is 4. The zero-order valence-electron chi connectivity index (χ0n) is 17.4. The smallest absolute Gasteiger partial charge is 0.254 e. The molecule has 1 N–H and O–H groups in total. The van der Waals surface area contributed by atoms with Crippen molar-refractivity contribution in [2.75, 3.05) is 0 Å². The quantitative estimate of drug-likeness (QED) is 0.727. The topological polar surface area (TPSA) is 71.2 Å². The monoisotopic (exact) mass is 402 g/mol. The predicted octanol–water partition coefficient (Wildman–Crippen LogP) is 3.25. The van der Waals surface area contributed by atoms with Gasteiger partial charge in [0.1, 0.15) is 5.69 Å². The van der Waals surface area contributed by atoms with E-state index < -0.39 is 6.10 Å². The first-order valence-electron chi connectivity index (χ1n) is 10.6. The Labute approximate surface area is 176 Å². The van der Waals surface area contributed by atoms with Crippen molar-refractivity contribution in [2.24, 2.45) is 7.05 Å². The molecule has 6 heteroatoms. The van der Waals surface area contributed by atoms with Gasteiger partial charge in [-0.15, -0.1) is 0 Å². The van der Waals surface area contributed by atoms with E-state index in [9.17, 15) is 9.90 Å². The second-order valence-corrected chi connectivity index (χ2v) is 8.54. The number of amides is 1. The molecule has 30 heavy (non-hydrogen) atoms. The highest BCUT2D eigenvalue weighted by atomic mass is 16.3. The molecule has 1 saturated carbocycles. The highest BCUT2D eigenvalue weighted by Crippen LogP contribution is 2.33. The van der Waals surface area contributed by atoms with E-state index in [0.29, 0.717) is 6.54 Å². The molecule has 0 unspecified atom stereocenters. The minimum atomic E-state index is -0.396. The maximum Gasteiger partial charge on any atom is 0.254 e. The summed E-state index contributed by atoms with van der Waals surface area (Å²) in [7, 11) is 1.89. The minimum Gasteiger partial charge on any atom is -0.391 e. The summed E-state index contributed by atoms with van der Waals surface area (Å²) >= 11 is 0. The van der Waals surface area contributed by atoms with Crippen molar-refractivity contribution in [3.63, 3.8) is 0 Å². The van der Waals surface area contributed by atoms with Gasteiger partial charge in [-0.3, -0.25) is 14.5 Å². The number of nitrogens with zero attached hydrogens (tertiary/aromatic N) is 4. The Bertz CT molecular complexity index is 1100.